The van der Waals surface area contributed by atoms with Crippen molar-refractivity contribution in [2.75, 3.05) is 26.1 Å². The predicted octanol–water partition coefficient (Wildman–Crippen LogP) is 1.95. The number of hydrogen-bond donors (Lipinski definition) is 3. The number of aromatic nitrogens is 2. The van der Waals surface area contributed by atoms with E-state index in [4.69, 9.17) is 21.1 Å². The molecule has 1 aromatic carbocycles. The van der Waals surface area contributed by atoms with Gasteiger partial charge in [-0.05, 0) is 6.07 Å². The molecule has 9 heteroatoms. The van der Waals surface area contributed by atoms with Crippen molar-refractivity contribution in [3.63, 3.8) is 0 Å². The molecule has 0 spiro atoms. The van der Waals surface area contributed by atoms with E-state index in [9.17, 15) is 9.90 Å². The molecule has 0 saturated carbocycles. The summed E-state index contributed by atoms with van der Waals surface area (Å²) in [5.41, 5.74) is 1.000. The number of ether oxygens (including phenoxy) is 2. The first-order valence-corrected chi connectivity index (χ1v) is 7.45. The second-order valence-electron chi connectivity index (χ2n) is 4.99. The Kier molecular flexibility index (Phi) is 5.88. The number of aryl methyl sites for hydroxylation is 1. The highest BCUT2D eigenvalue weighted by Gasteiger charge is 2.14. The minimum atomic E-state index is -0.856. The van der Waals surface area contributed by atoms with Crippen molar-refractivity contribution in [3.8, 4) is 11.5 Å². The Balaban J connectivity index is 1.98. The zero-order valence-corrected chi connectivity index (χ0v) is 14.3. The lowest BCUT2D eigenvalue weighted by molar-refractivity contribution is 0.175. The summed E-state index contributed by atoms with van der Waals surface area (Å²) in [5.74, 6) is 0.839. The van der Waals surface area contributed by atoms with Gasteiger partial charge in [0.25, 0.3) is 0 Å². The van der Waals surface area contributed by atoms with Crippen LogP contribution in [0.5, 0.6) is 11.5 Å². The zero-order chi connectivity index (χ0) is 17.7. The normalized spacial score (nSPS) is 11.7. The van der Waals surface area contributed by atoms with Crippen LogP contribution in [0.3, 0.4) is 0 Å². The molecule has 2 rings (SSSR count). The molecule has 1 atom stereocenters. The van der Waals surface area contributed by atoms with Gasteiger partial charge in [0.05, 0.1) is 37.2 Å². The molecular weight excluding hydrogens is 336 g/mol. The number of methoxy groups -OCH3 is 2. The van der Waals surface area contributed by atoms with Crippen LogP contribution >= 0.6 is 11.6 Å². The van der Waals surface area contributed by atoms with E-state index in [1.165, 1.54) is 26.5 Å². The van der Waals surface area contributed by atoms with Crippen LogP contribution in [0.2, 0.25) is 5.02 Å². The fraction of sp³-hybridized carbons (Fsp3) is 0.333. The molecule has 3 N–H and O–H groups in total. The molecule has 0 aliphatic heterocycles. The molecule has 2 amide bonds. The lowest BCUT2D eigenvalue weighted by Gasteiger charge is -2.14. The van der Waals surface area contributed by atoms with E-state index in [0.29, 0.717) is 27.8 Å². The van der Waals surface area contributed by atoms with E-state index in [2.05, 4.69) is 15.7 Å². The van der Waals surface area contributed by atoms with Crippen LogP contribution in [0.25, 0.3) is 0 Å². The molecule has 0 fully saturated rings. The van der Waals surface area contributed by atoms with Crippen LogP contribution in [0.4, 0.5) is 10.5 Å². The molecule has 0 bridgehead atoms. The summed E-state index contributed by atoms with van der Waals surface area (Å²) in [6.07, 6.45) is 2.36. The largest absolute Gasteiger partial charge is 0.495 e. The fourth-order valence-corrected chi connectivity index (χ4v) is 2.28. The Labute approximate surface area is 144 Å². The van der Waals surface area contributed by atoms with E-state index in [-0.39, 0.29) is 6.54 Å². The topological polar surface area (TPSA) is 97.6 Å². The minimum absolute atomic E-state index is 0.0315. The van der Waals surface area contributed by atoms with Crippen LogP contribution in [0, 0.1) is 0 Å². The highest BCUT2D eigenvalue weighted by Crippen LogP contribution is 2.35. The summed E-state index contributed by atoms with van der Waals surface area (Å²) < 4.78 is 11.9. The van der Waals surface area contributed by atoms with Crippen molar-refractivity contribution in [2.24, 2.45) is 7.05 Å². The highest BCUT2D eigenvalue weighted by atomic mass is 35.5. The minimum Gasteiger partial charge on any atom is -0.495 e. The number of halogens is 1. The number of hydrogen-bond acceptors (Lipinski definition) is 5. The maximum atomic E-state index is 12.0. The molecule has 0 aliphatic carbocycles. The molecule has 1 aromatic heterocycles. The quantitative estimate of drug-likeness (QED) is 0.736. The number of anilines is 1. The summed E-state index contributed by atoms with van der Waals surface area (Å²) in [7, 11) is 4.70. The number of carbonyl (C=O) groups excluding carboxylic acids is 1. The predicted molar refractivity (Wildman–Crippen MR) is 89.7 cm³/mol. The molecule has 1 heterocycles. The maximum Gasteiger partial charge on any atom is 0.319 e. The number of carbonyl (C=O) groups is 1. The summed E-state index contributed by atoms with van der Waals surface area (Å²) >= 11 is 6.05. The average molecular weight is 355 g/mol. The second-order valence-corrected chi connectivity index (χ2v) is 5.39. The van der Waals surface area contributed by atoms with Gasteiger partial charge >= 0.3 is 6.03 Å². The third-order valence-corrected chi connectivity index (χ3v) is 3.58. The van der Waals surface area contributed by atoms with Crippen molar-refractivity contribution in [1.82, 2.24) is 15.1 Å². The van der Waals surface area contributed by atoms with Crippen LogP contribution in [-0.2, 0) is 7.05 Å². The Morgan fingerprint density at radius 1 is 1.38 bits per heavy atom. The SMILES string of the molecule is COc1cc(OC)c(NC(=O)NCC(O)c2cnn(C)c2)cc1Cl. The van der Waals surface area contributed by atoms with E-state index >= 15 is 0 Å². The van der Waals surface area contributed by atoms with Gasteiger partial charge in [-0.2, -0.15) is 5.10 Å². The second kappa shape index (κ2) is 7.89. The van der Waals surface area contributed by atoms with Gasteiger partial charge in [-0.3, -0.25) is 4.68 Å². The number of nitrogens with zero attached hydrogens (tertiary/aromatic N) is 2. The van der Waals surface area contributed by atoms with Crippen LogP contribution < -0.4 is 20.1 Å². The van der Waals surface area contributed by atoms with Crippen molar-refractivity contribution in [3.05, 3.63) is 35.1 Å². The van der Waals surface area contributed by atoms with Gasteiger partial charge in [0.15, 0.2) is 0 Å². The number of rotatable bonds is 6. The van der Waals surface area contributed by atoms with Gasteiger partial charge in [-0.25, -0.2) is 4.79 Å². The maximum absolute atomic E-state index is 12.0. The summed E-state index contributed by atoms with van der Waals surface area (Å²) in [6, 6.07) is 2.59. The first kappa shape index (κ1) is 17.9. The van der Waals surface area contributed by atoms with Crippen LogP contribution in [0.1, 0.15) is 11.7 Å². The number of benzene rings is 1. The third-order valence-electron chi connectivity index (χ3n) is 3.29. The summed E-state index contributed by atoms with van der Waals surface area (Å²) in [4.78, 5) is 12.0. The van der Waals surface area contributed by atoms with Crippen molar-refractivity contribution in [1.29, 1.82) is 0 Å². The third kappa shape index (κ3) is 4.30. The van der Waals surface area contributed by atoms with E-state index in [0.717, 1.165) is 0 Å². The van der Waals surface area contributed by atoms with Gasteiger partial charge in [-0.15, -0.1) is 0 Å². The summed E-state index contributed by atoms with van der Waals surface area (Å²) in [5, 5.41) is 19.5. The molecule has 130 valence electrons. The Morgan fingerprint density at radius 3 is 2.67 bits per heavy atom. The number of aliphatic hydroxyl groups is 1. The lowest BCUT2D eigenvalue weighted by Crippen LogP contribution is -2.32. The lowest BCUT2D eigenvalue weighted by atomic mass is 10.2. The van der Waals surface area contributed by atoms with Crippen molar-refractivity contribution >= 4 is 23.3 Å². The van der Waals surface area contributed by atoms with E-state index in [1.807, 2.05) is 0 Å². The first-order chi connectivity index (χ1) is 11.4. The van der Waals surface area contributed by atoms with E-state index in [1.54, 1.807) is 24.0 Å². The van der Waals surface area contributed by atoms with Gasteiger partial charge in [-0.1, -0.05) is 11.6 Å². The van der Waals surface area contributed by atoms with Gasteiger partial charge in [0.2, 0.25) is 0 Å². The molecule has 0 saturated heterocycles. The highest BCUT2D eigenvalue weighted by molar-refractivity contribution is 6.32. The Hall–Kier alpha value is -2.45. The number of aliphatic hydroxyl groups excluding tert-OH is 1. The Bertz CT molecular complexity index is 719. The number of nitrogens with one attached hydrogen (secondary N) is 2. The fourth-order valence-electron chi connectivity index (χ4n) is 2.04. The molecule has 2 aromatic rings. The zero-order valence-electron chi connectivity index (χ0n) is 13.5. The number of urea groups is 1. The molecule has 0 radical (unpaired) electrons. The molecule has 24 heavy (non-hydrogen) atoms. The van der Waals surface area contributed by atoms with Crippen LogP contribution in [0.15, 0.2) is 24.5 Å². The Morgan fingerprint density at radius 2 is 2.08 bits per heavy atom. The number of amides is 2. The smallest absolute Gasteiger partial charge is 0.319 e. The van der Waals surface area contributed by atoms with Gasteiger partial charge in [0, 0.05) is 31.4 Å². The van der Waals surface area contributed by atoms with Crippen molar-refractivity contribution < 1.29 is 19.4 Å². The average Bonchev–Trinajstić information content (AvgIpc) is 2.99. The van der Waals surface area contributed by atoms with Crippen LogP contribution in [-0.4, -0.2) is 41.7 Å². The molecule has 0 aliphatic rings. The molecule has 8 nitrogen and oxygen atoms in total. The first-order valence-electron chi connectivity index (χ1n) is 7.07. The van der Waals surface area contributed by atoms with E-state index < -0.39 is 12.1 Å². The molecule has 1 unspecified atom stereocenters. The monoisotopic (exact) mass is 354 g/mol. The van der Waals surface area contributed by atoms with Gasteiger partial charge < -0.3 is 25.2 Å². The van der Waals surface area contributed by atoms with Gasteiger partial charge in [0.1, 0.15) is 11.5 Å². The molecular formula is C15H19ClN4O4. The summed E-state index contributed by atoms with van der Waals surface area (Å²) in [6.45, 7) is 0.0315. The van der Waals surface area contributed by atoms with Crippen molar-refractivity contribution in [2.45, 2.75) is 6.10 Å². The standard InChI is InChI=1S/C15H19ClN4O4/c1-20-8-9(6-18-20)12(21)7-17-15(22)19-11-4-10(16)13(23-2)5-14(11)24-3/h4-6,8,12,21H,7H2,1-3H3,(H2,17,19,22).